The maximum atomic E-state index is 12.1. The number of nitrogens with one attached hydrogen (secondary N) is 1. The highest BCUT2D eigenvalue weighted by Gasteiger charge is 2.20. The molecule has 2 rings (SSSR count). The van der Waals surface area contributed by atoms with Gasteiger partial charge in [0.1, 0.15) is 0 Å². The van der Waals surface area contributed by atoms with Crippen LogP contribution in [-0.2, 0) is 10.0 Å². The molecule has 0 spiro atoms. The van der Waals surface area contributed by atoms with E-state index in [-0.39, 0.29) is 6.04 Å². The molecule has 0 aliphatic heterocycles. The van der Waals surface area contributed by atoms with Gasteiger partial charge in [0.2, 0.25) is 10.0 Å². The van der Waals surface area contributed by atoms with Crippen molar-refractivity contribution in [1.82, 2.24) is 9.71 Å². The largest absolute Gasteiger partial charge is 0.265 e. The van der Waals surface area contributed by atoms with E-state index in [1.54, 1.807) is 29.2 Å². The second-order valence-electron chi connectivity index (χ2n) is 3.82. The molecular formula is C12H14N2O2S2. The van der Waals surface area contributed by atoms with Crippen LogP contribution in [0.2, 0.25) is 0 Å². The monoisotopic (exact) mass is 282 g/mol. The Balaban J connectivity index is 2.22. The van der Waals surface area contributed by atoms with Crippen LogP contribution in [0.25, 0.3) is 0 Å². The van der Waals surface area contributed by atoms with Gasteiger partial charge in [0.25, 0.3) is 0 Å². The molecule has 1 N–H and O–H groups in total. The van der Waals surface area contributed by atoms with Crippen molar-refractivity contribution in [3.63, 3.8) is 0 Å². The van der Waals surface area contributed by atoms with Gasteiger partial charge in [-0.2, -0.15) is 11.3 Å². The molecule has 2 aromatic rings. The Kier molecular flexibility index (Phi) is 4.11. The second kappa shape index (κ2) is 5.60. The standard InChI is InChI=1S/C12H14N2O2S2/c1-2-12(10-3-6-13-7-4-10)14-18(15,16)11-5-8-17-9-11/h3-9,12,14H,2H2,1H3. The van der Waals surface area contributed by atoms with E-state index in [1.807, 2.05) is 19.1 Å². The summed E-state index contributed by atoms with van der Waals surface area (Å²) in [7, 11) is -3.44. The molecule has 2 heterocycles. The number of aromatic nitrogens is 1. The third-order valence-corrected chi connectivity index (χ3v) is 4.92. The Bertz CT molecular complexity index is 580. The Morgan fingerprint density at radius 2 is 2.06 bits per heavy atom. The van der Waals surface area contributed by atoms with Crippen molar-refractivity contribution < 1.29 is 8.42 Å². The molecule has 1 atom stereocenters. The Labute approximate surface area is 111 Å². The molecule has 0 saturated carbocycles. The minimum atomic E-state index is -3.44. The maximum Gasteiger partial charge on any atom is 0.241 e. The molecule has 6 heteroatoms. The third-order valence-electron chi connectivity index (χ3n) is 2.62. The summed E-state index contributed by atoms with van der Waals surface area (Å²) < 4.78 is 26.9. The van der Waals surface area contributed by atoms with Crippen molar-refractivity contribution >= 4 is 21.4 Å². The molecule has 0 aromatic carbocycles. The van der Waals surface area contributed by atoms with Gasteiger partial charge >= 0.3 is 0 Å². The van der Waals surface area contributed by atoms with Crippen LogP contribution in [0.4, 0.5) is 0 Å². The number of sulfonamides is 1. The Hall–Kier alpha value is -1.24. The fourth-order valence-corrected chi connectivity index (χ4v) is 3.98. The molecule has 1 unspecified atom stereocenters. The first-order valence-electron chi connectivity index (χ1n) is 5.58. The van der Waals surface area contributed by atoms with Gasteiger partial charge in [-0.15, -0.1) is 0 Å². The van der Waals surface area contributed by atoms with E-state index < -0.39 is 10.0 Å². The highest BCUT2D eigenvalue weighted by Crippen LogP contribution is 2.20. The lowest BCUT2D eigenvalue weighted by Gasteiger charge is -2.16. The molecule has 0 radical (unpaired) electrons. The van der Waals surface area contributed by atoms with Crippen molar-refractivity contribution in [2.24, 2.45) is 0 Å². The summed E-state index contributed by atoms with van der Waals surface area (Å²) in [6.07, 6.45) is 4.02. The smallest absolute Gasteiger partial charge is 0.241 e. The van der Waals surface area contributed by atoms with Crippen molar-refractivity contribution in [2.45, 2.75) is 24.3 Å². The van der Waals surface area contributed by atoms with Gasteiger partial charge < -0.3 is 0 Å². The molecule has 2 aromatic heterocycles. The lowest BCUT2D eigenvalue weighted by Crippen LogP contribution is -2.28. The summed E-state index contributed by atoms with van der Waals surface area (Å²) in [4.78, 5) is 4.25. The SMILES string of the molecule is CCC(NS(=O)(=O)c1ccsc1)c1ccncc1. The molecule has 0 bridgehead atoms. The Morgan fingerprint density at radius 3 is 2.61 bits per heavy atom. The van der Waals surface area contributed by atoms with Crippen molar-refractivity contribution in [2.75, 3.05) is 0 Å². The quantitative estimate of drug-likeness (QED) is 0.917. The second-order valence-corrected chi connectivity index (χ2v) is 6.32. The summed E-state index contributed by atoms with van der Waals surface area (Å²) >= 11 is 1.37. The van der Waals surface area contributed by atoms with Gasteiger partial charge in [-0.1, -0.05) is 6.92 Å². The van der Waals surface area contributed by atoms with Crippen LogP contribution in [-0.4, -0.2) is 13.4 Å². The van der Waals surface area contributed by atoms with E-state index in [2.05, 4.69) is 9.71 Å². The first-order chi connectivity index (χ1) is 8.63. The zero-order valence-electron chi connectivity index (χ0n) is 9.91. The fourth-order valence-electron chi connectivity index (χ4n) is 1.64. The molecular weight excluding hydrogens is 268 g/mol. The maximum absolute atomic E-state index is 12.1. The molecule has 0 aliphatic carbocycles. The van der Waals surface area contributed by atoms with E-state index in [1.165, 1.54) is 11.3 Å². The number of rotatable bonds is 5. The van der Waals surface area contributed by atoms with E-state index in [0.29, 0.717) is 11.3 Å². The molecule has 96 valence electrons. The van der Waals surface area contributed by atoms with Gasteiger partial charge in [-0.25, -0.2) is 13.1 Å². The van der Waals surface area contributed by atoms with Crippen LogP contribution in [0.1, 0.15) is 24.9 Å². The first kappa shape index (κ1) is 13.2. The average molecular weight is 282 g/mol. The van der Waals surface area contributed by atoms with Gasteiger partial charge in [0.05, 0.1) is 4.90 Å². The molecule has 0 fully saturated rings. The minimum Gasteiger partial charge on any atom is -0.265 e. The normalized spacial score (nSPS) is 13.4. The van der Waals surface area contributed by atoms with Crippen LogP contribution in [0, 0.1) is 0 Å². The lowest BCUT2D eigenvalue weighted by atomic mass is 10.1. The average Bonchev–Trinajstić information content (AvgIpc) is 2.92. The van der Waals surface area contributed by atoms with Gasteiger partial charge in [0, 0.05) is 23.8 Å². The summed E-state index contributed by atoms with van der Waals surface area (Å²) in [6, 6.07) is 5.03. The van der Waals surface area contributed by atoms with Crippen LogP contribution >= 0.6 is 11.3 Å². The lowest BCUT2D eigenvalue weighted by molar-refractivity contribution is 0.550. The van der Waals surface area contributed by atoms with Crippen LogP contribution in [0.3, 0.4) is 0 Å². The Morgan fingerprint density at radius 1 is 1.33 bits per heavy atom. The van der Waals surface area contributed by atoms with Crippen LogP contribution < -0.4 is 4.72 Å². The van der Waals surface area contributed by atoms with Crippen molar-refractivity contribution in [1.29, 1.82) is 0 Å². The molecule has 0 amide bonds. The summed E-state index contributed by atoms with van der Waals surface area (Å²) in [5.74, 6) is 0. The van der Waals surface area contributed by atoms with Crippen LogP contribution in [0.5, 0.6) is 0 Å². The topological polar surface area (TPSA) is 59.1 Å². The van der Waals surface area contributed by atoms with Gasteiger partial charge in [-0.3, -0.25) is 4.98 Å². The zero-order valence-corrected chi connectivity index (χ0v) is 11.5. The minimum absolute atomic E-state index is 0.224. The van der Waals surface area contributed by atoms with E-state index in [4.69, 9.17) is 0 Å². The predicted molar refractivity (Wildman–Crippen MR) is 71.9 cm³/mol. The fraction of sp³-hybridized carbons (Fsp3) is 0.250. The highest BCUT2D eigenvalue weighted by molar-refractivity contribution is 7.89. The summed E-state index contributed by atoms with van der Waals surface area (Å²) in [6.45, 7) is 1.95. The highest BCUT2D eigenvalue weighted by atomic mass is 32.2. The molecule has 0 aliphatic rings. The summed E-state index contributed by atoms with van der Waals surface area (Å²) in [5, 5.41) is 3.38. The molecule has 4 nitrogen and oxygen atoms in total. The van der Waals surface area contributed by atoms with E-state index in [0.717, 1.165) is 5.56 Å². The van der Waals surface area contributed by atoms with Gasteiger partial charge in [-0.05, 0) is 35.6 Å². The number of pyridine rings is 1. The summed E-state index contributed by atoms with van der Waals surface area (Å²) in [5.41, 5.74) is 0.923. The number of hydrogen-bond acceptors (Lipinski definition) is 4. The zero-order chi connectivity index (χ0) is 13.0. The molecule has 18 heavy (non-hydrogen) atoms. The van der Waals surface area contributed by atoms with Crippen LogP contribution in [0.15, 0.2) is 46.2 Å². The number of thiophene rings is 1. The number of nitrogens with zero attached hydrogens (tertiary/aromatic N) is 1. The predicted octanol–water partition coefficient (Wildman–Crippen LogP) is 2.57. The van der Waals surface area contributed by atoms with Crippen molar-refractivity contribution in [3.05, 3.63) is 46.9 Å². The third kappa shape index (κ3) is 2.95. The van der Waals surface area contributed by atoms with E-state index in [9.17, 15) is 8.42 Å². The molecule has 0 saturated heterocycles. The van der Waals surface area contributed by atoms with E-state index >= 15 is 0 Å². The van der Waals surface area contributed by atoms with Crippen molar-refractivity contribution in [3.8, 4) is 0 Å². The van der Waals surface area contributed by atoms with Gasteiger partial charge in [0.15, 0.2) is 0 Å². The number of hydrogen-bond donors (Lipinski definition) is 1. The first-order valence-corrected chi connectivity index (χ1v) is 8.00.